The molecule has 20 heavy (non-hydrogen) atoms. The number of nitrogens with zero attached hydrogens (tertiary/aromatic N) is 1. The average molecular weight is 291 g/mol. The Kier molecular flexibility index (Phi) is 3.25. The number of anilines is 2. The average Bonchev–Trinajstić information content (AvgIpc) is 2.77. The summed E-state index contributed by atoms with van der Waals surface area (Å²) in [6.45, 7) is 0.622. The molecule has 0 radical (unpaired) electrons. The Bertz CT molecular complexity index is 743. The maximum absolute atomic E-state index is 11.5. The largest absolute Gasteiger partial charge is 0.396 e. The van der Waals surface area contributed by atoms with Crippen LogP contribution in [0.25, 0.3) is 10.9 Å². The van der Waals surface area contributed by atoms with Crippen LogP contribution in [0.2, 0.25) is 0 Å². The van der Waals surface area contributed by atoms with Crippen LogP contribution in [0.3, 0.4) is 0 Å². The first-order chi connectivity index (χ1) is 9.55. The minimum Gasteiger partial charge on any atom is -0.396 e. The maximum atomic E-state index is 11.5. The zero-order chi connectivity index (χ0) is 14.2. The monoisotopic (exact) mass is 291 g/mol. The summed E-state index contributed by atoms with van der Waals surface area (Å²) in [5.41, 5.74) is 8.29. The quantitative estimate of drug-likeness (QED) is 0.898. The van der Waals surface area contributed by atoms with Crippen LogP contribution in [0.1, 0.15) is 6.42 Å². The molecule has 0 amide bonds. The van der Waals surface area contributed by atoms with Gasteiger partial charge in [-0.25, -0.2) is 8.42 Å². The van der Waals surface area contributed by atoms with Crippen LogP contribution in [-0.4, -0.2) is 31.5 Å². The first kappa shape index (κ1) is 13.2. The van der Waals surface area contributed by atoms with Crippen molar-refractivity contribution < 1.29 is 8.42 Å². The highest BCUT2D eigenvalue weighted by molar-refractivity contribution is 7.91. The Morgan fingerprint density at radius 1 is 1.35 bits per heavy atom. The molecular formula is C14H17N3O2S. The highest BCUT2D eigenvalue weighted by atomic mass is 32.2. The lowest BCUT2D eigenvalue weighted by Gasteiger charge is -2.14. The molecular weight excluding hydrogens is 274 g/mol. The lowest BCUT2D eigenvalue weighted by atomic mass is 10.1. The first-order valence-electron chi connectivity index (χ1n) is 6.63. The number of nitrogen functional groups attached to an aromatic ring is 1. The van der Waals surface area contributed by atoms with Gasteiger partial charge in [0.25, 0.3) is 0 Å². The van der Waals surface area contributed by atoms with E-state index >= 15 is 0 Å². The van der Waals surface area contributed by atoms with E-state index in [2.05, 4.69) is 10.3 Å². The number of pyridine rings is 1. The van der Waals surface area contributed by atoms with E-state index in [4.69, 9.17) is 5.73 Å². The number of rotatable bonds is 3. The van der Waals surface area contributed by atoms with E-state index in [0.29, 0.717) is 18.0 Å². The number of hydrogen-bond donors (Lipinski definition) is 2. The molecule has 1 aliphatic heterocycles. The van der Waals surface area contributed by atoms with Crippen molar-refractivity contribution in [2.24, 2.45) is 5.92 Å². The molecule has 2 heterocycles. The molecule has 6 heteroatoms. The molecule has 3 N–H and O–H groups in total. The van der Waals surface area contributed by atoms with Gasteiger partial charge in [0.15, 0.2) is 9.84 Å². The fourth-order valence-electron chi connectivity index (χ4n) is 2.63. The Hall–Kier alpha value is -1.82. The zero-order valence-corrected chi connectivity index (χ0v) is 11.9. The van der Waals surface area contributed by atoms with Gasteiger partial charge in [0.1, 0.15) is 0 Å². The fraction of sp³-hybridized carbons (Fsp3) is 0.357. The predicted octanol–water partition coefficient (Wildman–Crippen LogP) is 1.66. The summed E-state index contributed by atoms with van der Waals surface area (Å²) in [5, 5.41) is 4.27. The lowest BCUT2D eigenvalue weighted by Crippen LogP contribution is -2.16. The van der Waals surface area contributed by atoms with Crippen molar-refractivity contribution in [2.75, 3.05) is 29.1 Å². The van der Waals surface area contributed by atoms with Crippen LogP contribution < -0.4 is 11.1 Å². The van der Waals surface area contributed by atoms with Gasteiger partial charge < -0.3 is 11.1 Å². The van der Waals surface area contributed by atoms with Crippen LogP contribution in [0.5, 0.6) is 0 Å². The molecule has 0 bridgehead atoms. The van der Waals surface area contributed by atoms with Crippen LogP contribution in [0, 0.1) is 5.92 Å². The van der Waals surface area contributed by atoms with Gasteiger partial charge >= 0.3 is 0 Å². The van der Waals surface area contributed by atoms with Crippen molar-refractivity contribution in [3.05, 3.63) is 30.5 Å². The van der Waals surface area contributed by atoms with Gasteiger partial charge in [-0.15, -0.1) is 0 Å². The van der Waals surface area contributed by atoms with Gasteiger partial charge in [-0.1, -0.05) is 18.2 Å². The highest BCUT2D eigenvalue weighted by Gasteiger charge is 2.27. The smallest absolute Gasteiger partial charge is 0.150 e. The molecule has 1 aromatic carbocycles. The normalized spacial score (nSPS) is 21.1. The Labute approximate surface area is 118 Å². The highest BCUT2D eigenvalue weighted by Crippen LogP contribution is 2.28. The maximum Gasteiger partial charge on any atom is 0.150 e. The number of nitrogens with one attached hydrogen (secondary N) is 1. The molecule has 0 saturated carbocycles. The Morgan fingerprint density at radius 2 is 2.15 bits per heavy atom. The number of fused-ring (bicyclic) bond motifs is 1. The van der Waals surface area contributed by atoms with E-state index in [1.807, 2.05) is 24.3 Å². The molecule has 106 valence electrons. The van der Waals surface area contributed by atoms with Crippen molar-refractivity contribution in [3.63, 3.8) is 0 Å². The van der Waals surface area contributed by atoms with Gasteiger partial charge in [-0.05, 0) is 18.4 Å². The zero-order valence-electron chi connectivity index (χ0n) is 11.0. The molecule has 1 unspecified atom stereocenters. The van der Waals surface area contributed by atoms with E-state index < -0.39 is 9.84 Å². The fourth-order valence-corrected chi connectivity index (χ4v) is 4.50. The SMILES string of the molecule is Nc1cnc2ccccc2c1NCC1CCS(=O)(=O)C1. The van der Waals surface area contributed by atoms with E-state index in [-0.39, 0.29) is 11.7 Å². The molecule has 2 aromatic rings. The molecule has 0 aliphatic carbocycles. The van der Waals surface area contributed by atoms with Gasteiger partial charge in [-0.3, -0.25) is 4.98 Å². The number of sulfone groups is 1. The second kappa shape index (κ2) is 4.94. The van der Waals surface area contributed by atoms with Crippen molar-refractivity contribution in [1.29, 1.82) is 0 Å². The number of benzene rings is 1. The van der Waals surface area contributed by atoms with Gasteiger partial charge in [0.2, 0.25) is 0 Å². The predicted molar refractivity (Wildman–Crippen MR) is 81.4 cm³/mol. The minimum absolute atomic E-state index is 0.159. The van der Waals surface area contributed by atoms with Crippen molar-refractivity contribution in [2.45, 2.75) is 6.42 Å². The third kappa shape index (κ3) is 2.56. The molecule has 0 spiro atoms. The number of aromatic nitrogens is 1. The molecule has 1 fully saturated rings. The third-order valence-corrected chi connectivity index (χ3v) is 5.54. The van der Waals surface area contributed by atoms with Gasteiger partial charge in [-0.2, -0.15) is 0 Å². The Balaban J connectivity index is 1.82. The van der Waals surface area contributed by atoms with E-state index in [9.17, 15) is 8.42 Å². The first-order valence-corrected chi connectivity index (χ1v) is 8.45. The van der Waals surface area contributed by atoms with Crippen molar-refractivity contribution in [1.82, 2.24) is 4.98 Å². The van der Waals surface area contributed by atoms with Crippen LogP contribution in [0.15, 0.2) is 30.5 Å². The van der Waals surface area contributed by atoms with Crippen LogP contribution in [-0.2, 0) is 9.84 Å². The third-order valence-electron chi connectivity index (χ3n) is 3.70. The number of hydrogen-bond acceptors (Lipinski definition) is 5. The van der Waals surface area contributed by atoms with Crippen molar-refractivity contribution >= 4 is 32.1 Å². The van der Waals surface area contributed by atoms with Crippen LogP contribution in [0.4, 0.5) is 11.4 Å². The summed E-state index contributed by atoms with van der Waals surface area (Å²) >= 11 is 0. The lowest BCUT2D eigenvalue weighted by molar-refractivity contribution is 0.596. The number of para-hydroxylation sites is 1. The topological polar surface area (TPSA) is 85.1 Å². The van der Waals surface area contributed by atoms with Gasteiger partial charge in [0.05, 0.1) is 34.6 Å². The molecule has 3 rings (SSSR count). The molecule has 1 atom stereocenters. The van der Waals surface area contributed by atoms with E-state index in [1.54, 1.807) is 6.20 Å². The Morgan fingerprint density at radius 3 is 2.90 bits per heavy atom. The molecule has 5 nitrogen and oxygen atoms in total. The summed E-state index contributed by atoms with van der Waals surface area (Å²) in [6.07, 6.45) is 2.36. The number of nitrogens with two attached hydrogens (primary N) is 1. The van der Waals surface area contributed by atoms with Crippen molar-refractivity contribution in [3.8, 4) is 0 Å². The molecule has 1 saturated heterocycles. The van der Waals surface area contributed by atoms with E-state index in [0.717, 1.165) is 23.0 Å². The summed E-state index contributed by atoms with van der Waals surface area (Å²) in [7, 11) is -2.84. The van der Waals surface area contributed by atoms with Crippen LogP contribution >= 0.6 is 0 Å². The second-order valence-electron chi connectivity index (χ2n) is 5.26. The summed E-state index contributed by atoms with van der Waals surface area (Å²) < 4.78 is 22.9. The molecule has 1 aromatic heterocycles. The van der Waals surface area contributed by atoms with E-state index in [1.165, 1.54) is 0 Å². The van der Waals surface area contributed by atoms with Gasteiger partial charge in [0, 0.05) is 11.9 Å². The summed E-state index contributed by atoms with van der Waals surface area (Å²) in [4.78, 5) is 4.28. The minimum atomic E-state index is -2.84. The molecule has 1 aliphatic rings. The standard InChI is InChI=1S/C14H17N3O2S/c15-12-8-16-13-4-2-1-3-11(13)14(12)17-7-10-5-6-20(18,19)9-10/h1-4,8,10H,5-7,9,15H2,(H,16,17). The summed E-state index contributed by atoms with van der Waals surface area (Å²) in [6, 6.07) is 7.76. The summed E-state index contributed by atoms with van der Waals surface area (Å²) in [5.74, 6) is 0.723. The second-order valence-corrected chi connectivity index (χ2v) is 7.48.